The molecule has 4 heteroatoms. The van der Waals surface area contributed by atoms with Crippen molar-refractivity contribution in [3.63, 3.8) is 0 Å². The zero-order chi connectivity index (χ0) is 11.8. The molecule has 0 rings (SSSR count). The van der Waals surface area contributed by atoms with Gasteiger partial charge in [-0.2, -0.15) is 0 Å². The lowest BCUT2D eigenvalue weighted by atomic mass is 9.99. The molecular formula is C11H24N2O2. The molecule has 0 aliphatic carbocycles. The number of nitrogens with zero attached hydrogens (tertiary/aromatic N) is 1. The number of methoxy groups -OCH3 is 1. The van der Waals surface area contributed by atoms with Gasteiger partial charge in [-0.3, -0.25) is 4.79 Å². The Morgan fingerprint density at radius 1 is 1.47 bits per heavy atom. The molecule has 0 aromatic rings. The summed E-state index contributed by atoms with van der Waals surface area (Å²) in [6.07, 6.45) is 0.967. The van der Waals surface area contributed by atoms with E-state index in [1.165, 1.54) is 7.11 Å². The van der Waals surface area contributed by atoms with Gasteiger partial charge in [0, 0.05) is 13.1 Å². The van der Waals surface area contributed by atoms with Crippen LogP contribution in [0.4, 0.5) is 0 Å². The third kappa shape index (κ3) is 5.74. The first-order chi connectivity index (χ1) is 7.02. The Morgan fingerprint density at radius 2 is 2.07 bits per heavy atom. The number of likely N-dealkylation sites (N-methyl/N-ethyl adjacent to an activating group) is 1. The largest absolute Gasteiger partial charge is 0.468 e. The zero-order valence-electron chi connectivity index (χ0n) is 10.5. The summed E-state index contributed by atoms with van der Waals surface area (Å²) < 4.78 is 4.78. The monoisotopic (exact) mass is 216 g/mol. The van der Waals surface area contributed by atoms with Crippen LogP contribution in [0.15, 0.2) is 0 Å². The molecule has 4 nitrogen and oxygen atoms in total. The Labute approximate surface area is 93.0 Å². The summed E-state index contributed by atoms with van der Waals surface area (Å²) in [4.78, 5) is 13.6. The number of hydrogen-bond donors (Lipinski definition) is 1. The molecule has 2 atom stereocenters. The predicted molar refractivity (Wildman–Crippen MR) is 61.8 cm³/mol. The van der Waals surface area contributed by atoms with E-state index in [-0.39, 0.29) is 12.0 Å². The molecule has 0 aliphatic rings. The summed E-state index contributed by atoms with van der Waals surface area (Å²) >= 11 is 0. The lowest BCUT2D eigenvalue weighted by Crippen LogP contribution is -2.44. The molecule has 0 fully saturated rings. The third-order valence-corrected chi connectivity index (χ3v) is 2.59. The van der Waals surface area contributed by atoms with Gasteiger partial charge < -0.3 is 15.0 Å². The van der Waals surface area contributed by atoms with Gasteiger partial charge in [0.15, 0.2) is 0 Å². The predicted octanol–water partition coefficient (Wildman–Crippen LogP) is 0.725. The van der Waals surface area contributed by atoms with Crippen LogP contribution in [-0.4, -0.2) is 51.2 Å². The van der Waals surface area contributed by atoms with Crippen LogP contribution in [0.2, 0.25) is 0 Å². The van der Waals surface area contributed by atoms with Gasteiger partial charge in [-0.15, -0.1) is 0 Å². The molecule has 0 saturated heterocycles. The molecular weight excluding hydrogens is 192 g/mol. The first kappa shape index (κ1) is 14.4. The van der Waals surface area contributed by atoms with E-state index in [2.05, 4.69) is 24.1 Å². The van der Waals surface area contributed by atoms with Crippen LogP contribution in [-0.2, 0) is 9.53 Å². The van der Waals surface area contributed by atoms with Gasteiger partial charge in [0.05, 0.1) is 7.11 Å². The van der Waals surface area contributed by atoms with Crippen molar-refractivity contribution in [1.29, 1.82) is 0 Å². The standard InChI is InChI=1S/C11H24N2O2/c1-6-9(2)10(11(14)15-5)12-7-8-13(3)4/h9-10,12H,6-8H2,1-5H3. The molecule has 0 aliphatic heterocycles. The number of rotatable bonds is 7. The highest BCUT2D eigenvalue weighted by Crippen LogP contribution is 2.08. The molecule has 90 valence electrons. The van der Waals surface area contributed by atoms with Crippen molar-refractivity contribution in [3.05, 3.63) is 0 Å². The SMILES string of the molecule is CCC(C)C(NCCN(C)C)C(=O)OC. The molecule has 15 heavy (non-hydrogen) atoms. The highest BCUT2D eigenvalue weighted by Gasteiger charge is 2.23. The lowest BCUT2D eigenvalue weighted by Gasteiger charge is -2.22. The van der Waals surface area contributed by atoms with E-state index in [4.69, 9.17) is 4.74 Å². The van der Waals surface area contributed by atoms with Crippen LogP contribution >= 0.6 is 0 Å². The fourth-order valence-corrected chi connectivity index (χ4v) is 1.32. The highest BCUT2D eigenvalue weighted by atomic mass is 16.5. The van der Waals surface area contributed by atoms with Crippen LogP contribution < -0.4 is 5.32 Å². The maximum absolute atomic E-state index is 11.5. The minimum absolute atomic E-state index is 0.164. The Kier molecular flexibility index (Phi) is 7.34. The number of esters is 1. The van der Waals surface area contributed by atoms with Gasteiger partial charge >= 0.3 is 5.97 Å². The normalized spacial score (nSPS) is 15.1. The van der Waals surface area contributed by atoms with Gasteiger partial charge in [0.25, 0.3) is 0 Å². The fourth-order valence-electron chi connectivity index (χ4n) is 1.32. The molecule has 0 aromatic heterocycles. The van der Waals surface area contributed by atoms with E-state index in [1.807, 2.05) is 14.1 Å². The summed E-state index contributed by atoms with van der Waals surface area (Å²) in [7, 11) is 5.46. The van der Waals surface area contributed by atoms with Gasteiger partial charge in [-0.25, -0.2) is 0 Å². The molecule has 2 unspecified atom stereocenters. The summed E-state index contributed by atoms with van der Waals surface area (Å²) in [5.41, 5.74) is 0. The van der Waals surface area contributed by atoms with Crippen molar-refractivity contribution in [1.82, 2.24) is 10.2 Å². The molecule has 0 radical (unpaired) electrons. The van der Waals surface area contributed by atoms with Crippen molar-refractivity contribution in [2.75, 3.05) is 34.3 Å². The molecule has 0 bridgehead atoms. The maximum Gasteiger partial charge on any atom is 0.323 e. The van der Waals surface area contributed by atoms with Crippen molar-refractivity contribution in [3.8, 4) is 0 Å². The van der Waals surface area contributed by atoms with E-state index >= 15 is 0 Å². The molecule has 0 aromatic carbocycles. The zero-order valence-corrected chi connectivity index (χ0v) is 10.5. The second kappa shape index (κ2) is 7.65. The molecule has 1 N–H and O–H groups in total. The van der Waals surface area contributed by atoms with E-state index in [0.717, 1.165) is 19.5 Å². The van der Waals surface area contributed by atoms with Gasteiger partial charge in [-0.1, -0.05) is 20.3 Å². The van der Waals surface area contributed by atoms with E-state index in [0.29, 0.717) is 5.92 Å². The lowest BCUT2D eigenvalue weighted by molar-refractivity contribution is -0.144. The van der Waals surface area contributed by atoms with Crippen LogP contribution in [0.5, 0.6) is 0 Å². The summed E-state index contributed by atoms with van der Waals surface area (Å²) in [5.74, 6) is 0.141. The van der Waals surface area contributed by atoms with Crippen molar-refractivity contribution in [2.45, 2.75) is 26.3 Å². The summed E-state index contributed by atoms with van der Waals surface area (Å²) in [6.45, 7) is 5.86. The van der Waals surface area contributed by atoms with E-state index < -0.39 is 0 Å². The Hall–Kier alpha value is -0.610. The minimum Gasteiger partial charge on any atom is -0.468 e. The smallest absolute Gasteiger partial charge is 0.323 e. The number of hydrogen-bond acceptors (Lipinski definition) is 4. The Balaban J connectivity index is 4.07. The number of nitrogens with one attached hydrogen (secondary N) is 1. The van der Waals surface area contributed by atoms with Crippen molar-refractivity contribution < 1.29 is 9.53 Å². The molecule has 0 amide bonds. The number of ether oxygens (including phenoxy) is 1. The van der Waals surface area contributed by atoms with Crippen LogP contribution in [0.3, 0.4) is 0 Å². The van der Waals surface area contributed by atoms with Gasteiger partial charge in [0.2, 0.25) is 0 Å². The topological polar surface area (TPSA) is 41.6 Å². The average molecular weight is 216 g/mol. The van der Waals surface area contributed by atoms with Crippen LogP contribution in [0.25, 0.3) is 0 Å². The summed E-state index contributed by atoms with van der Waals surface area (Å²) in [5, 5.41) is 3.24. The molecule has 0 saturated carbocycles. The Morgan fingerprint density at radius 3 is 2.47 bits per heavy atom. The van der Waals surface area contributed by atoms with E-state index in [9.17, 15) is 4.79 Å². The first-order valence-corrected chi connectivity index (χ1v) is 5.48. The van der Waals surface area contributed by atoms with Gasteiger partial charge in [0.1, 0.15) is 6.04 Å². The third-order valence-electron chi connectivity index (χ3n) is 2.59. The maximum atomic E-state index is 11.5. The number of carbonyl (C=O) groups is 1. The second-order valence-electron chi connectivity index (χ2n) is 4.14. The fraction of sp³-hybridized carbons (Fsp3) is 0.909. The van der Waals surface area contributed by atoms with Crippen LogP contribution in [0, 0.1) is 5.92 Å². The van der Waals surface area contributed by atoms with Crippen LogP contribution in [0.1, 0.15) is 20.3 Å². The highest BCUT2D eigenvalue weighted by molar-refractivity contribution is 5.75. The first-order valence-electron chi connectivity index (χ1n) is 5.48. The van der Waals surface area contributed by atoms with Crippen molar-refractivity contribution in [2.24, 2.45) is 5.92 Å². The van der Waals surface area contributed by atoms with Crippen molar-refractivity contribution >= 4 is 5.97 Å². The number of carbonyl (C=O) groups excluding carboxylic acids is 1. The molecule has 0 heterocycles. The van der Waals surface area contributed by atoms with Gasteiger partial charge in [-0.05, 0) is 20.0 Å². The van der Waals surface area contributed by atoms with E-state index in [1.54, 1.807) is 0 Å². The Bertz CT molecular complexity index is 183. The average Bonchev–Trinajstić information content (AvgIpc) is 2.22. The molecule has 0 spiro atoms. The summed E-state index contributed by atoms with van der Waals surface area (Å²) in [6, 6.07) is -0.181. The quantitative estimate of drug-likeness (QED) is 0.637. The minimum atomic E-state index is -0.181. The second-order valence-corrected chi connectivity index (χ2v) is 4.14.